The first-order chi connectivity index (χ1) is 3.68. The number of phosphoric ester groups is 1. The Morgan fingerprint density at radius 1 is 1.38 bits per heavy atom. The SMILES string of the molecule is O=CC12OP(=O)(O1)O2. The molecule has 3 aliphatic rings. The zero-order valence-electron chi connectivity index (χ0n) is 3.57. The summed E-state index contributed by atoms with van der Waals surface area (Å²) in [5.74, 6) is -1.57. The Morgan fingerprint density at radius 3 is 2.00 bits per heavy atom. The standard InChI is InChI=1S/C2HO5P/c3-1-2-5-8(4,6-2)7-2/h1H. The molecule has 8 heavy (non-hydrogen) atoms. The van der Waals surface area contributed by atoms with E-state index < -0.39 is 13.8 Å². The lowest BCUT2D eigenvalue weighted by Crippen LogP contribution is -2.58. The Morgan fingerprint density at radius 2 is 1.88 bits per heavy atom. The first-order valence-corrected chi connectivity index (χ1v) is 3.33. The van der Waals surface area contributed by atoms with Crippen LogP contribution in [0.25, 0.3) is 0 Å². The van der Waals surface area contributed by atoms with Crippen LogP contribution in [0.5, 0.6) is 0 Å². The number of hydrogen-bond donors (Lipinski definition) is 0. The molecular weight excluding hydrogens is 135 g/mol. The first-order valence-electron chi connectivity index (χ1n) is 1.87. The molecule has 3 saturated heterocycles. The molecule has 0 atom stereocenters. The van der Waals surface area contributed by atoms with Gasteiger partial charge in [-0.15, -0.1) is 0 Å². The highest BCUT2D eigenvalue weighted by atomic mass is 31.2. The van der Waals surface area contributed by atoms with E-state index in [4.69, 9.17) is 0 Å². The predicted molar refractivity (Wildman–Crippen MR) is 19.7 cm³/mol. The average Bonchev–Trinajstić information content (AvgIpc) is 1.55. The number of phosphoric acid groups is 1. The Hall–Kier alpha value is -0.220. The number of carbonyl (C=O) groups excluding carboxylic acids is 1. The van der Waals surface area contributed by atoms with Gasteiger partial charge in [0.05, 0.1) is 0 Å². The number of rotatable bonds is 1. The van der Waals surface area contributed by atoms with E-state index in [1.54, 1.807) is 0 Å². The first kappa shape index (κ1) is 4.64. The molecule has 3 rings (SSSR count). The van der Waals surface area contributed by atoms with Gasteiger partial charge in [-0.05, 0) is 0 Å². The van der Waals surface area contributed by atoms with Gasteiger partial charge in [-0.1, -0.05) is 0 Å². The lowest BCUT2D eigenvalue weighted by Gasteiger charge is -2.51. The highest BCUT2D eigenvalue weighted by molar-refractivity contribution is 7.52. The van der Waals surface area contributed by atoms with E-state index in [9.17, 15) is 9.36 Å². The van der Waals surface area contributed by atoms with Crippen LogP contribution in [-0.2, 0) is 22.9 Å². The van der Waals surface area contributed by atoms with E-state index in [1.165, 1.54) is 0 Å². The van der Waals surface area contributed by atoms with E-state index in [-0.39, 0.29) is 0 Å². The van der Waals surface area contributed by atoms with Crippen LogP contribution in [0.4, 0.5) is 0 Å². The molecule has 0 aromatic rings. The molecule has 3 aliphatic heterocycles. The zero-order chi connectivity index (χ0) is 5.83. The number of aldehydes is 1. The second-order valence-corrected chi connectivity index (χ2v) is 2.88. The quantitative estimate of drug-likeness (QED) is 0.375. The fourth-order valence-corrected chi connectivity index (χ4v) is 1.66. The molecule has 0 spiro atoms. The van der Waals surface area contributed by atoms with E-state index in [0.717, 1.165) is 0 Å². The van der Waals surface area contributed by atoms with E-state index in [2.05, 4.69) is 13.6 Å². The van der Waals surface area contributed by atoms with Crippen molar-refractivity contribution in [2.45, 2.75) is 5.97 Å². The van der Waals surface area contributed by atoms with Gasteiger partial charge in [-0.2, -0.15) is 0 Å². The number of carbonyl (C=O) groups is 1. The van der Waals surface area contributed by atoms with Crippen molar-refractivity contribution in [2.24, 2.45) is 0 Å². The fraction of sp³-hybridized carbons (Fsp3) is 0.500. The van der Waals surface area contributed by atoms with Gasteiger partial charge in [0.2, 0.25) is 6.29 Å². The maximum atomic E-state index is 10.3. The normalized spacial score (nSPS) is 58.5. The predicted octanol–water partition coefficient (Wildman–Crippen LogP) is 0.0242. The van der Waals surface area contributed by atoms with E-state index in [0.29, 0.717) is 6.29 Å². The van der Waals surface area contributed by atoms with Crippen LogP contribution < -0.4 is 0 Å². The fourth-order valence-electron chi connectivity index (χ4n) is 0.553. The van der Waals surface area contributed by atoms with Crippen LogP contribution >= 0.6 is 7.82 Å². The maximum absolute atomic E-state index is 10.3. The summed E-state index contributed by atoms with van der Waals surface area (Å²) in [6.07, 6.45) is 0.312. The molecule has 3 fully saturated rings. The molecule has 0 N–H and O–H groups in total. The summed E-state index contributed by atoms with van der Waals surface area (Å²) < 4.78 is 23.2. The summed E-state index contributed by atoms with van der Waals surface area (Å²) in [6.45, 7) is 0. The second kappa shape index (κ2) is 0.910. The van der Waals surface area contributed by atoms with Crippen LogP contribution in [-0.4, -0.2) is 12.3 Å². The third kappa shape index (κ3) is 0.306. The van der Waals surface area contributed by atoms with Crippen LogP contribution in [0, 0.1) is 0 Å². The molecule has 44 valence electrons. The van der Waals surface area contributed by atoms with Crippen molar-refractivity contribution in [2.75, 3.05) is 0 Å². The summed E-state index contributed by atoms with van der Waals surface area (Å²) >= 11 is 0. The van der Waals surface area contributed by atoms with Gasteiger partial charge in [-0.3, -0.25) is 4.79 Å². The zero-order valence-corrected chi connectivity index (χ0v) is 4.46. The van der Waals surface area contributed by atoms with Crippen molar-refractivity contribution in [3.05, 3.63) is 0 Å². The molecule has 0 aromatic carbocycles. The minimum Gasteiger partial charge on any atom is -0.294 e. The highest BCUT2D eigenvalue weighted by Crippen LogP contribution is 2.78. The highest BCUT2D eigenvalue weighted by Gasteiger charge is 2.75. The van der Waals surface area contributed by atoms with Crippen LogP contribution in [0.3, 0.4) is 0 Å². The average molecular weight is 136 g/mol. The molecule has 0 saturated carbocycles. The third-order valence-corrected chi connectivity index (χ3v) is 2.30. The van der Waals surface area contributed by atoms with Gasteiger partial charge in [0.1, 0.15) is 0 Å². The van der Waals surface area contributed by atoms with Crippen LogP contribution in [0.15, 0.2) is 0 Å². The van der Waals surface area contributed by atoms with Gasteiger partial charge >= 0.3 is 13.8 Å². The smallest absolute Gasteiger partial charge is 0.294 e. The minimum atomic E-state index is -3.14. The molecule has 3 heterocycles. The van der Waals surface area contributed by atoms with Gasteiger partial charge in [0.25, 0.3) is 0 Å². The van der Waals surface area contributed by atoms with Crippen molar-refractivity contribution in [3.63, 3.8) is 0 Å². The second-order valence-electron chi connectivity index (χ2n) is 1.44. The summed E-state index contributed by atoms with van der Waals surface area (Å²) in [5, 5.41) is 0. The molecule has 2 bridgehead atoms. The lowest BCUT2D eigenvalue weighted by atomic mass is 10.6. The minimum absolute atomic E-state index is 0.312. The summed E-state index contributed by atoms with van der Waals surface area (Å²) in [4.78, 5) is 9.79. The molecular formula is C2HO5P. The largest absolute Gasteiger partial charge is 0.489 e. The van der Waals surface area contributed by atoms with Gasteiger partial charge in [0, 0.05) is 0 Å². The van der Waals surface area contributed by atoms with Gasteiger partial charge < -0.3 is 0 Å². The lowest BCUT2D eigenvalue weighted by molar-refractivity contribution is -0.392. The molecule has 0 aliphatic carbocycles. The van der Waals surface area contributed by atoms with Crippen LogP contribution in [0.2, 0.25) is 0 Å². The molecule has 5 nitrogen and oxygen atoms in total. The van der Waals surface area contributed by atoms with Crippen molar-refractivity contribution in [1.82, 2.24) is 0 Å². The maximum Gasteiger partial charge on any atom is 0.489 e. The van der Waals surface area contributed by atoms with E-state index >= 15 is 0 Å². The Balaban J connectivity index is 2.24. The summed E-state index contributed by atoms with van der Waals surface area (Å²) in [7, 11) is -3.14. The number of hydrogen-bond acceptors (Lipinski definition) is 5. The summed E-state index contributed by atoms with van der Waals surface area (Å²) in [5.41, 5.74) is 0. The monoisotopic (exact) mass is 136 g/mol. The Bertz CT molecular complexity index is 170. The van der Waals surface area contributed by atoms with E-state index in [1.807, 2.05) is 0 Å². The molecule has 0 amide bonds. The molecule has 0 aromatic heterocycles. The topological polar surface area (TPSA) is 61.8 Å². The Labute approximate surface area is 44.1 Å². The van der Waals surface area contributed by atoms with Crippen molar-refractivity contribution in [3.8, 4) is 0 Å². The van der Waals surface area contributed by atoms with Gasteiger partial charge in [0.15, 0.2) is 0 Å². The van der Waals surface area contributed by atoms with Crippen LogP contribution in [0.1, 0.15) is 0 Å². The Kier molecular flexibility index (Phi) is 0.528. The van der Waals surface area contributed by atoms with Crippen molar-refractivity contribution in [1.29, 1.82) is 0 Å². The third-order valence-electron chi connectivity index (χ3n) is 0.861. The molecule has 6 heteroatoms. The molecule has 0 radical (unpaired) electrons. The van der Waals surface area contributed by atoms with Crippen molar-refractivity contribution >= 4 is 14.1 Å². The van der Waals surface area contributed by atoms with Crippen molar-refractivity contribution < 1.29 is 22.9 Å². The summed E-state index contributed by atoms with van der Waals surface area (Å²) in [6, 6.07) is 0. The van der Waals surface area contributed by atoms with Gasteiger partial charge in [-0.25, -0.2) is 18.1 Å². The molecule has 0 unspecified atom stereocenters.